The van der Waals surface area contributed by atoms with E-state index in [9.17, 15) is 13.2 Å². The van der Waals surface area contributed by atoms with Crippen molar-refractivity contribution in [2.75, 3.05) is 18.0 Å². The molecule has 5 rings (SSSR count). The SMILES string of the molecule is O=CN1Cc2nc(Cl)nc(N3CCC(S(=O)(=O)c4ccc(-n5cccn5)cc4Cl)C3)c2C1. The van der Waals surface area contributed by atoms with Crippen LogP contribution in [0.2, 0.25) is 10.3 Å². The number of rotatable bonds is 5. The van der Waals surface area contributed by atoms with E-state index in [1.807, 2.05) is 4.90 Å². The molecule has 1 fully saturated rings. The summed E-state index contributed by atoms with van der Waals surface area (Å²) >= 11 is 12.5. The number of hydrogen-bond donors (Lipinski definition) is 0. The Labute approximate surface area is 194 Å². The van der Waals surface area contributed by atoms with Crippen LogP contribution in [0.25, 0.3) is 5.69 Å². The molecule has 12 heteroatoms. The molecule has 9 nitrogen and oxygen atoms in total. The minimum atomic E-state index is -3.68. The van der Waals surface area contributed by atoms with Crippen LogP contribution in [-0.4, -0.2) is 57.8 Å². The molecule has 0 radical (unpaired) electrons. The van der Waals surface area contributed by atoms with Crippen molar-refractivity contribution in [3.63, 3.8) is 0 Å². The highest BCUT2D eigenvalue weighted by Gasteiger charge is 2.38. The number of halogens is 2. The first kappa shape index (κ1) is 21.2. The van der Waals surface area contributed by atoms with E-state index < -0.39 is 15.1 Å². The van der Waals surface area contributed by atoms with Gasteiger partial charge in [-0.3, -0.25) is 4.79 Å². The van der Waals surface area contributed by atoms with Crippen LogP contribution in [0.1, 0.15) is 17.7 Å². The van der Waals surface area contributed by atoms with Crippen molar-refractivity contribution in [1.82, 2.24) is 24.6 Å². The van der Waals surface area contributed by atoms with Gasteiger partial charge < -0.3 is 9.80 Å². The minimum absolute atomic E-state index is 0.0788. The highest BCUT2D eigenvalue weighted by atomic mass is 35.5. The first-order chi connectivity index (χ1) is 15.4. The second-order valence-corrected chi connectivity index (χ2v) is 10.7. The lowest BCUT2D eigenvalue weighted by molar-refractivity contribution is -0.118. The van der Waals surface area contributed by atoms with Crippen LogP contribution < -0.4 is 4.90 Å². The molecule has 1 amide bonds. The number of benzene rings is 1. The van der Waals surface area contributed by atoms with Crippen molar-refractivity contribution in [2.24, 2.45) is 0 Å². The van der Waals surface area contributed by atoms with E-state index in [4.69, 9.17) is 23.2 Å². The molecule has 1 aromatic carbocycles. The minimum Gasteiger partial charge on any atom is -0.355 e. The first-order valence-corrected chi connectivity index (χ1v) is 12.2. The van der Waals surface area contributed by atoms with Crippen molar-refractivity contribution >= 4 is 45.3 Å². The molecule has 0 spiro atoms. The maximum Gasteiger partial charge on any atom is 0.224 e. The summed E-state index contributed by atoms with van der Waals surface area (Å²) in [6.07, 6.45) is 4.57. The Morgan fingerprint density at radius 2 is 2.00 bits per heavy atom. The fraction of sp³-hybridized carbons (Fsp3) is 0.300. The van der Waals surface area contributed by atoms with Gasteiger partial charge in [-0.05, 0) is 42.3 Å². The van der Waals surface area contributed by atoms with E-state index in [2.05, 4.69) is 15.1 Å². The van der Waals surface area contributed by atoms with E-state index in [0.717, 1.165) is 12.0 Å². The van der Waals surface area contributed by atoms with Crippen LogP contribution >= 0.6 is 23.2 Å². The number of aromatic nitrogens is 4. The summed E-state index contributed by atoms with van der Waals surface area (Å²) < 4.78 is 28.4. The summed E-state index contributed by atoms with van der Waals surface area (Å²) in [4.78, 5) is 23.3. The van der Waals surface area contributed by atoms with Gasteiger partial charge in [-0.15, -0.1) is 0 Å². The van der Waals surface area contributed by atoms with Crippen LogP contribution in [0.15, 0.2) is 41.6 Å². The van der Waals surface area contributed by atoms with E-state index >= 15 is 0 Å². The largest absolute Gasteiger partial charge is 0.355 e. The molecule has 1 saturated heterocycles. The molecule has 2 aliphatic heterocycles. The summed E-state index contributed by atoms with van der Waals surface area (Å²) in [6, 6.07) is 6.58. The Morgan fingerprint density at radius 1 is 1.16 bits per heavy atom. The third-order valence-corrected chi connectivity index (χ3v) is 8.61. The first-order valence-electron chi connectivity index (χ1n) is 9.90. The van der Waals surface area contributed by atoms with Gasteiger partial charge in [0.25, 0.3) is 0 Å². The van der Waals surface area contributed by atoms with Gasteiger partial charge in [-0.2, -0.15) is 5.10 Å². The third kappa shape index (κ3) is 3.62. The highest BCUT2D eigenvalue weighted by Crippen LogP contribution is 2.35. The zero-order valence-electron chi connectivity index (χ0n) is 16.7. The van der Waals surface area contributed by atoms with Crippen molar-refractivity contribution in [3.8, 4) is 5.69 Å². The molecule has 2 aliphatic rings. The molecular weight excluding hydrogens is 475 g/mol. The normalized spacial score (nSPS) is 18.2. The molecule has 2 aromatic heterocycles. The number of sulfone groups is 1. The predicted octanol–water partition coefficient (Wildman–Crippen LogP) is 2.49. The number of amides is 1. The standard InChI is InChI=1S/C20H18Cl2N6O3S/c21-16-8-13(28-6-1-5-23-28)2-3-18(16)32(30,31)14-4-7-27(9-14)19-15-10-26(12-29)11-17(15)24-20(22)25-19/h1-3,5-6,8,12,14H,4,7,9-11H2. The maximum absolute atomic E-state index is 13.4. The molecule has 4 heterocycles. The van der Waals surface area contributed by atoms with Gasteiger partial charge in [0.05, 0.1) is 39.6 Å². The lowest BCUT2D eigenvalue weighted by atomic mass is 10.2. The number of carbonyl (C=O) groups is 1. The van der Waals surface area contributed by atoms with Crippen LogP contribution in [0.3, 0.4) is 0 Å². The van der Waals surface area contributed by atoms with Gasteiger partial charge in [-0.25, -0.2) is 23.1 Å². The molecule has 1 atom stereocenters. The smallest absolute Gasteiger partial charge is 0.224 e. The molecule has 3 aromatic rings. The molecule has 32 heavy (non-hydrogen) atoms. The summed E-state index contributed by atoms with van der Waals surface area (Å²) in [5.74, 6) is 0.585. The summed E-state index contributed by atoms with van der Waals surface area (Å²) in [7, 11) is -3.68. The lowest BCUT2D eigenvalue weighted by Gasteiger charge is -2.20. The van der Waals surface area contributed by atoms with E-state index in [1.165, 1.54) is 6.07 Å². The zero-order valence-corrected chi connectivity index (χ0v) is 19.1. The molecule has 0 aliphatic carbocycles. The number of hydrogen-bond acceptors (Lipinski definition) is 7. The zero-order chi connectivity index (χ0) is 22.5. The van der Waals surface area contributed by atoms with Crippen LogP contribution in [0.5, 0.6) is 0 Å². The summed E-state index contributed by atoms with van der Waals surface area (Å²) in [6.45, 7) is 1.48. The monoisotopic (exact) mass is 492 g/mol. The number of carbonyl (C=O) groups excluding carboxylic acids is 1. The Bertz CT molecular complexity index is 1300. The van der Waals surface area contributed by atoms with Crippen LogP contribution in [0.4, 0.5) is 5.82 Å². The Kier molecular flexibility index (Phi) is 5.31. The van der Waals surface area contributed by atoms with Crippen LogP contribution in [-0.2, 0) is 27.7 Å². The number of fused-ring (bicyclic) bond motifs is 1. The molecule has 0 saturated carbocycles. The van der Waals surface area contributed by atoms with Gasteiger partial charge in [0.1, 0.15) is 5.82 Å². The molecule has 166 valence electrons. The Hall–Kier alpha value is -2.69. The van der Waals surface area contributed by atoms with Gasteiger partial charge in [0, 0.05) is 31.0 Å². The van der Waals surface area contributed by atoms with Crippen molar-refractivity contribution in [2.45, 2.75) is 29.7 Å². The molecule has 1 unspecified atom stereocenters. The fourth-order valence-corrected chi connectivity index (χ4v) is 6.62. The van der Waals surface area contributed by atoms with Gasteiger partial charge in [0.2, 0.25) is 11.7 Å². The van der Waals surface area contributed by atoms with Crippen molar-refractivity contribution in [1.29, 1.82) is 0 Å². The molecule has 0 N–H and O–H groups in total. The topological polar surface area (TPSA) is 101 Å². The Balaban J connectivity index is 1.41. The van der Waals surface area contributed by atoms with Gasteiger partial charge in [-0.1, -0.05) is 11.6 Å². The molecular formula is C20H18Cl2N6O3S. The average Bonchev–Trinajstić information content (AvgIpc) is 3.53. The van der Waals surface area contributed by atoms with E-state index in [1.54, 1.807) is 40.2 Å². The molecule has 0 bridgehead atoms. The Morgan fingerprint density at radius 3 is 2.72 bits per heavy atom. The quantitative estimate of drug-likeness (QED) is 0.398. The maximum atomic E-state index is 13.4. The second-order valence-electron chi connectivity index (χ2n) is 7.72. The highest BCUT2D eigenvalue weighted by molar-refractivity contribution is 7.92. The predicted molar refractivity (Wildman–Crippen MR) is 119 cm³/mol. The fourth-order valence-electron chi connectivity index (χ4n) is 4.21. The average molecular weight is 493 g/mol. The number of nitrogens with zero attached hydrogens (tertiary/aromatic N) is 6. The van der Waals surface area contributed by atoms with E-state index in [0.29, 0.717) is 43.3 Å². The van der Waals surface area contributed by atoms with E-state index in [-0.39, 0.29) is 21.7 Å². The van der Waals surface area contributed by atoms with Crippen molar-refractivity contribution < 1.29 is 13.2 Å². The van der Waals surface area contributed by atoms with Gasteiger partial charge in [0.15, 0.2) is 9.84 Å². The van der Waals surface area contributed by atoms with Crippen molar-refractivity contribution in [3.05, 3.63) is 58.2 Å². The summed E-state index contributed by atoms with van der Waals surface area (Å²) in [5, 5.41) is 3.73. The third-order valence-electron chi connectivity index (χ3n) is 5.78. The lowest BCUT2D eigenvalue weighted by Crippen LogP contribution is -2.28. The summed E-state index contributed by atoms with van der Waals surface area (Å²) in [5.41, 5.74) is 2.18. The van der Waals surface area contributed by atoms with Crippen LogP contribution in [0, 0.1) is 0 Å². The van der Waals surface area contributed by atoms with Gasteiger partial charge >= 0.3 is 0 Å². The second kappa shape index (κ2) is 8.02. The number of anilines is 1.